The zero-order valence-corrected chi connectivity index (χ0v) is 27.7. The number of aliphatic carboxylic acids is 1. The van der Waals surface area contributed by atoms with Gasteiger partial charge in [-0.15, -0.1) is 11.3 Å². The van der Waals surface area contributed by atoms with Crippen LogP contribution in [0.4, 0.5) is 24.7 Å². The van der Waals surface area contributed by atoms with E-state index in [-0.39, 0.29) is 0 Å². The Balaban J connectivity index is 0.000000568. The molecule has 0 bridgehead atoms. The number of hydrogen-bond acceptors (Lipinski definition) is 9. The van der Waals surface area contributed by atoms with E-state index in [1.54, 1.807) is 24.7 Å². The Kier molecular flexibility index (Phi) is 14.2. The maximum Gasteiger partial charge on any atom is 0.490 e. The van der Waals surface area contributed by atoms with Gasteiger partial charge in [-0.1, -0.05) is 43.7 Å². The number of carbonyl (C=O) groups is 1. The number of fused-ring (bicyclic) bond motifs is 3. The number of piperazine rings is 1. The summed E-state index contributed by atoms with van der Waals surface area (Å²) in [6.45, 7) is 11.8. The Hall–Kier alpha value is -3.78. The van der Waals surface area contributed by atoms with Crippen LogP contribution in [0.1, 0.15) is 26.3 Å². The number of halogens is 4. The number of nitrogens with one attached hydrogen (secondary N) is 2. The van der Waals surface area contributed by atoms with Crippen LogP contribution in [0, 0.1) is 0 Å². The average Bonchev–Trinajstić information content (AvgIpc) is 3.43. The lowest BCUT2D eigenvalue weighted by Crippen LogP contribution is -2.44. The van der Waals surface area contributed by atoms with Crippen LogP contribution in [0.15, 0.2) is 59.9 Å². The zero-order chi connectivity index (χ0) is 33.7. The van der Waals surface area contributed by atoms with Crippen molar-refractivity contribution in [3.63, 3.8) is 0 Å². The number of anilines is 2. The van der Waals surface area contributed by atoms with E-state index in [2.05, 4.69) is 48.7 Å². The van der Waals surface area contributed by atoms with Gasteiger partial charge in [-0.25, -0.2) is 14.8 Å². The van der Waals surface area contributed by atoms with Gasteiger partial charge in [-0.2, -0.15) is 13.2 Å². The summed E-state index contributed by atoms with van der Waals surface area (Å²) in [5.41, 5.74) is 3.04. The van der Waals surface area contributed by atoms with Crippen molar-refractivity contribution >= 4 is 66.4 Å². The number of alkyl halides is 3. The smallest absolute Gasteiger partial charge is 0.486 e. The summed E-state index contributed by atoms with van der Waals surface area (Å²) in [4.78, 5) is 25.7. The van der Waals surface area contributed by atoms with E-state index in [9.17, 15) is 13.2 Å². The normalized spacial score (nSPS) is 14.0. The van der Waals surface area contributed by atoms with E-state index in [1.165, 1.54) is 10.3 Å². The van der Waals surface area contributed by atoms with Crippen molar-refractivity contribution in [1.29, 1.82) is 0 Å². The van der Waals surface area contributed by atoms with Crippen LogP contribution in [0.5, 0.6) is 5.75 Å². The standard InChI is InChI=1S/C28H31ClN6OS.C2HF3O2.C2H6/c1-3-4-21(30-2)17-36-24-8-6-20(16-23(24)29)34-27-26-22-7-5-19(9-12-35-13-10-31-11-14-35)15-25(22)37-28(26)33-18-32-27;3-2(4,5)1(6)7;1-2/h3-8,15-16,18,31H,9-14,17H2,1-2H3,(H,32,33,34);(H,6,7);1-2H3/b4-3-,30-21?;;. The van der Waals surface area contributed by atoms with Gasteiger partial charge >= 0.3 is 12.1 Å². The number of thiophene rings is 1. The predicted octanol–water partition coefficient (Wildman–Crippen LogP) is 7.37. The Morgan fingerprint density at radius 2 is 1.91 bits per heavy atom. The molecule has 0 radical (unpaired) electrons. The molecule has 2 aromatic heterocycles. The lowest BCUT2D eigenvalue weighted by Gasteiger charge is -2.27. The van der Waals surface area contributed by atoms with Gasteiger partial charge < -0.3 is 25.4 Å². The Labute approximate surface area is 275 Å². The third kappa shape index (κ3) is 10.4. The number of benzene rings is 2. The predicted molar refractivity (Wildman–Crippen MR) is 181 cm³/mol. The number of nitrogens with zero attached hydrogens (tertiary/aromatic N) is 4. The molecule has 0 unspecified atom stereocenters. The fraction of sp³-hybridized carbons (Fsp3) is 0.375. The Morgan fingerprint density at radius 3 is 2.54 bits per heavy atom. The van der Waals surface area contributed by atoms with Crippen molar-refractivity contribution in [3.05, 3.63) is 65.5 Å². The van der Waals surface area contributed by atoms with Gasteiger partial charge in [0, 0.05) is 55.5 Å². The first-order valence-corrected chi connectivity index (χ1v) is 16.0. The molecule has 248 valence electrons. The minimum Gasteiger partial charge on any atom is -0.486 e. The van der Waals surface area contributed by atoms with Crippen molar-refractivity contribution in [2.45, 2.75) is 33.4 Å². The van der Waals surface area contributed by atoms with Crippen LogP contribution < -0.4 is 15.4 Å². The summed E-state index contributed by atoms with van der Waals surface area (Å²) in [7, 11) is 1.75. The fourth-order valence-corrected chi connectivity index (χ4v) is 5.83. The highest BCUT2D eigenvalue weighted by atomic mass is 35.5. The molecule has 14 heteroatoms. The van der Waals surface area contributed by atoms with E-state index >= 15 is 0 Å². The summed E-state index contributed by atoms with van der Waals surface area (Å²) in [6.07, 6.45) is 1.43. The maximum absolute atomic E-state index is 10.6. The molecule has 0 amide bonds. The number of aliphatic imine (C=N–C) groups is 1. The van der Waals surface area contributed by atoms with Crippen LogP contribution in [-0.2, 0) is 11.2 Å². The van der Waals surface area contributed by atoms with Crippen molar-refractivity contribution in [2.75, 3.05) is 51.7 Å². The lowest BCUT2D eigenvalue weighted by atomic mass is 10.1. The topological polar surface area (TPSA) is 112 Å². The minimum atomic E-state index is -5.08. The van der Waals surface area contributed by atoms with Crippen LogP contribution in [0.3, 0.4) is 0 Å². The Bertz CT molecular complexity index is 1660. The second-order valence-corrected chi connectivity index (χ2v) is 11.2. The van der Waals surface area contributed by atoms with E-state index in [0.717, 1.165) is 72.0 Å². The highest BCUT2D eigenvalue weighted by Crippen LogP contribution is 2.38. The molecule has 1 aliphatic rings. The van der Waals surface area contributed by atoms with E-state index < -0.39 is 12.1 Å². The molecule has 4 aromatic rings. The fourth-order valence-electron chi connectivity index (χ4n) is 4.49. The molecule has 3 N–H and O–H groups in total. The van der Waals surface area contributed by atoms with Crippen LogP contribution >= 0.6 is 22.9 Å². The molecule has 0 spiro atoms. The minimum absolute atomic E-state index is 0.359. The first-order valence-electron chi connectivity index (χ1n) is 14.8. The summed E-state index contributed by atoms with van der Waals surface area (Å²) in [6, 6.07) is 12.4. The molecule has 0 atom stereocenters. The SMILES string of the molecule is C/C=C\C(COc1ccc(Nc2ncnc3sc4cc(CCN5CCNCC5)ccc4c23)cc1Cl)=NC.CC.O=C(O)C(F)(F)F. The summed E-state index contributed by atoms with van der Waals surface area (Å²) in [5, 5.41) is 16.7. The molecule has 0 aliphatic carbocycles. The maximum atomic E-state index is 10.6. The molecule has 0 saturated carbocycles. The number of hydrogen-bond donors (Lipinski definition) is 3. The third-order valence-corrected chi connectivity index (χ3v) is 8.08. The first kappa shape index (κ1) is 36.7. The number of rotatable bonds is 9. The molecule has 9 nitrogen and oxygen atoms in total. The highest BCUT2D eigenvalue weighted by Gasteiger charge is 2.38. The average molecular weight is 679 g/mol. The first-order chi connectivity index (χ1) is 22.1. The van der Waals surface area contributed by atoms with Crippen molar-refractivity contribution in [2.24, 2.45) is 4.99 Å². The van der Waals surface area contributed by atoms with Gasteiger partial charge in [0.1, 0.15) is 29.3 Å². The second kappa shape index (κ2) is 17.8. The van der Waals surface area contributed by atoms with Gasteiger partial charge in [0.15, 0.2) is 0 Å². The number of aromatic nitrogens is 2. The van der Waals surface area contributed by atoms with E-state index in [0.29, 0.717) is 17.4 Å². The lowest BCUT2D eigenvalue weighted by molar-refractivity contribution is -0.192. The van der Waals surface area contributed by atoms with Gasteiger partial charge in [0.05, 0.1) is 16.1 Å². The van der Waals surface area contributed by atoms with E-state index in [4.69, 9.17) is 26.2 Å². The monoisotopic (exact) mass is 678 g/mol. The molecule has 1 saturated heterocycles. The molecule has 2 aromatic carbocycles. The van der Waals surface area contributed by atoms with Gasteiger partial charge in [0.2, 0.25) is 0 Å². The molecule has 5 rings (SSSR count). The number of ether oxygens (including phenoxy) is 1. The van der Waals surface area contributed by atoms with Crippen LogP contribution in [-0.4, -0.2) is 84.2 Å². The zero-order valence-electron chi connectivity index (χ0n) is 26.1. The molecule has 1 aliphatic heterocycles. The quantitative estimate of drug-likeness (QED) is 0.157. The Morgan fingerprint density at radius 1 is 1.20 bits per heavy atom. The molecular formula is C32H38ClF3N6O3S. The second-order valence-electron chi connectivity index (χ2n) is 9.75. The van der Waals surface area contributed by atoms with E-state index in [1.807, 2.05) is 51.1 Å². The summed E-state index contributed by atoms with van der Waals surface area (Å²) < 4.78 is 38.8. The summed E-state index contributed by atoms with van der Waals surface area (Å²) in [5.74, 6) is -1.38. The van der Waals surface area contributed by atoms with Crippen molar-refractivity contribution in [3.8, 4) is 5.75 Å². The number of allylic oxidation sites excluding steroid dienone is 1. The molecule has 1 fully saturated rings. The van der Waals surface area contributed by atoms with Crippen LogP contribution in [0.25, 0.3) is 20.3 Å². The van der Waals surface area contributed by atoms with Gasteiger partial charge in [-0.05, 0) is 49.2 Å². The van der Waals surface area contributed by atoms with Crippen molar-refractivity contribution in [1.82, 2.24) is 20.2 Å². The third-order valence-electron chi connectivity index (χ3n) is 6.72. The van der Waals surface area contributed by atoms with Gasteiger partial charge in [0.25, 0.3) is 0 Å². The van der Waals surface area contributed by atoms with Gasteiger partial charge in [-0.3, -0.25) is 4.99 Å². The highest BCUT2D eigenvalue weighted by molar-refractivity contribution is 7.25. The van der Waals surface area contributed by atoms with Crippen LogP contribution in [0.2, 0.25) is 5.02 Å². The molecular weight excluding hydrogens is 641 g/mol. The number of carboxylic acids is 1. The molecule has 46 heavy (non-hydrogen) atoms. The number of carboxylic acid groups (broad SMARTS) is 1. The summed E-state index contributed by atoms with van der Waals surface area (Å²) >= 11 is 8.24. The van der Waals surface area contributed by atoms with Crippen molar-refractivity contribution < 1.29 is 27.8 Å². The molecule has 3 heterocycles. The largest absolute Gasteiger partial charge is 0.490 e.